The van der Waals surface area contributed by atoms with E-state index in [-0.39, 0.29) is 12.1 Å². The van der Waals surface area contributed by atoms with Gasteiger partial charge in [0.1, 0.15) is 0 Å². The molecule has 0 aliphatic heterocycles. The third-order valence-corrected chi connectivity index (χ3v) is 3.02. The third kappa shape index (κ3) is 5.80. The number of hydrogen-bond acceptors (Lipinski definition) is 4. The van der Waals surface area contributed by atoms with Crippen LogP contribution in [0.1, 0.15) is 32.1 Å². The topological polar surface area (TPSA) is 50.7 Å². The van der Waals surface area contributed by atoms with Crippen molar-refractivity contribution in [2.24, 2.45) is 0 Å². The Labute approximate surface area is 98.3 Å². The predicted octanol–water partition coefficient (Wildman–Crippen LogP) is 0.933. The number of ether oxygens (including phenoxy) is 2. The van der Waals surface area contributed by atoms with Gasteiger partial charge in [0.2, 0.25) is 0 Å². The fraction of sp³-hybridized carbons (Fsp3) is 1.00. The van der Waals surface area contributed by atoms with Crippen molar-refractivity contribution in [3.63, 3.8) is 0 Å². The second kappa shape index (κ2) is 8.93. The summed E-state index contributed by atoms with van der Waals surface area (Å²) in [4.78, 5) is 0. The number of aliphatic hydroxyl groups excluding tert-OH is 1. The molecule has 96 valence electrons. The largest absolute Gasteiger partial charge is 0.392 e. The van der Waals surface area contributed by atoms with Crippen molar-refractivity contribution >= 4 is 0 Å². The lowest BCUT2D eigenvalue weighted by atomic mass is 9.93. The molecule has 0 heterocycles. The summed E-state index contributed by atoms with van der Waals surface area (Å²) in [5.74, 6) is 0. The summed E-state index contributed by atoms with van der Waals surface area (Å²) in [7, 11) is 1.70. The maximum absolute atomic E-state index is 9.72. The molecule has 4 heteroatoms. The normalized spacial score (nSPS) is 25.9. The van der Waals surface area contributed by atoms with E-state index in [2.05, 4.69) is 5.32 Å². The average Bonchev–Trinajstić information content (AvgIpc) is 2.30. The minimum Gasteiger partial charge on any atom is -0.392 e. The predicted molar refractivity (Wildman–Crippen MR) is 63.6 cm³/mol. The van der Waals surface area contributed by atoms with E-state index in [1.807, 2.05) is 0 Å². The highest BCUT2D eigenvalue weighted by Gasteiger charge is 2.21. The maximum Gasteiger partial charge on any atom is 0.0693 e. The van der Waals surface area contributed by atoms with Gasteiger partial charge in [-0.25, -0.2) is 0 Å². The number of methoxy groups -OCH3 is 1. The second-order valence-electron chi connectivity index (χ2n) is 4.37. The molecule has 1 rings (SSSR count). The molecule has 0 spiro atoms. The van der Waals surface area contributed by atoms with Gasteiger partial charge in [-0.05, 0) is 19.3 Å². The van der Waals surface area contributed by atoms with Crippen molar-refractivity contribution in [1.82, 2.24) is 5.32 Å². The first-order chi connectivity index (χ1) is 7.84. The van der Waals surface area contributed by atoms with Crippen LogP contribution < -0.4 is 5.32 Å². The van der Waals surface area contributed by atoms with Crippen LogP contribution in [0.15, 0.2) is 0 Å². The Hall–Kier alpha value is -0.160. The zero-order chi connectivity index (χ0) is 11.6. The van der Waals surface area contributed by atoms with Crippen LogP contribution in [0, 0.1) is 0 Å². The van der Waals surface area contributed by atoms with E-state index in [4.69, 9.17) is 9.47 Å². The summed E-state index contributed by atoms with van der Waals surface area (Å²) >= 11 is 0. The SMILES string of the molecule is COCCCOCCNC1CCCCC1O. The fourth-order valence-corrected chi connectivity index (χ4v) is 2.07. The molecule has 16 heavy (non-hydrogen) atoms. The number of aliphatic hydroxyl groups is 1. The molecule has 0 saturated heterocycles. The van der Waals surface area contributed by atoms with Gasteiger partial charge in [0.15, 0.2) is 0 Å². The molecule has 0 amide bonds. The number of nitrogens with one attached hydrogen (secondary N) is 1. The number of rotatable bonds is 8. The van der Waals surface area contributed by atoms with Gasteiger partial charge in [-0.2, -0.15) is 0 Å². The van der Waals surface area contributed by atoms with Crippen LogP contribution in [0.2, 0.25) is 0 Å². The Morgan fingerprint density at radius 1 is 1.19 bits per heavy atom. The summed E-state index contributed by atoms with van der Waals surface area (Å²) in [5.41, 5.74) is 0. The summed E-state index contributed by atoms with van der Waals surface area (Å²) in [5, 5.41) is 13.1. The molecular weight excluding hydrogens is 206 g/mol. The Balaban J connectivity index is 1.90. The lowest BCUT2D eigenvalue weighted by Crippen LogP contribution is -2.43. The minimum atomic E-state index is -0.165. The zero-order valence-corrected chi connectivity index (χ0v) is 10.3. The van der Waals surface area contributed by atoms with Crippen LogP contribution >= 0.6 is 0 Å². The summed E-state index contributed by atoms with van der Waals surface area (Å²) in [6, 6.07) is 0.274. The Morgan fingerprint density at radius 2 is 2.00 bits per heavy atom. The van der Waals surface area contributed by atoms with Gasteiger partial charge in [-0.15, -0.1) is 0 Å². The average molecular weight is 231 g/mol. The van der Waals surface area contributed by atoms with Gasteiger partial charge in [0, 0.05) is 32.9 Å². The quantitative estimate of drug-likeness (QED) is 0.610. The molecule has 2 N–H and O–H groups in total. The van der Waals surface area contributed by atoms with Crippen molar-refractivity contribution in [2.45, 2.75) is 44.2 Å². The highest BCUT2D eigenvalue weighted by Crippen LogP contribution is 2.17. The van der Waals surface area contributed by atoms with E-state index in [9.17, 15) is 5.11 Å². The van der Waals surface area contributed by atoms with Gasteiger partial charge < -0.3 is 19.9 Å². The molecular formula is C12H25NO3. The van der Waals surface area contributed by atoms with E-state index in [1.54, 1.807) is 7.11 Å². The molecule has 0 aromatic heterocycles. The van der Waals surface area contributed by atoms with Crippen LogP contribution in [0.4, 0.5) is 0 Å². The lowest BCUT2D eigenvalue weighted by molar-refractivity contribution is 0.0752. The van der Waals surface area contributed by atoms with Gasteiger partial charge in [-0.1, -0.05) is 12.8 Å². The molecule has 1 fully saturated rings. The second-order valence-corrected chi connectivity index (χ2v) is 4.37. The van der Waals surface area contributed by atoms with Gasteiger partial charge in [0.25, 0.3) is 0 Å². The molecule has 4 nitrogen and oxygen atoms in total. The molecule has 0 aromatic carbocycles. The standard InChI is InChI=1S/C12H25NO3/c1-15-8-4-9-16-10-7-13-11-5-2-3-6-12(11)14/h11-14H,2-10H2,1H3. The molecule has 1 saturated carbocycles. The van der Waals surface area contributed by atoms with E-state index in [1.165, 1.54) is 6.42 Å². The van der Waals surface area contributed by atoms with Crippen molar-refractivity contribution < 1.29 is 14.6 Å². The maximum atomic E-state index is 9.72. The first kappa shape index (κ1) is 13.9. The highest BCUT2D eigenvalue weighted by atomic mass is 16.5. The van der Waals surface area contributed by atoms with Crippen LogP contribution in [-0.2, 0) is 9.47 Å². The van der Waals surface area contributed by atoms with Crippen LogP contribution in [0.5, 0.6) is 0 Å². The molecule has 2 atom stereocenters. The van der Waals surface area contributed by atoms with Gasteiger partial charge in [0.05, 0.1) is 12.7 Å². The molecule has 1 aliphatic carbocycles. The minimum absolute atomic E-state index is 0.165. The van der Waals surface area contributed by atoms with Crippen molar-refractivity contribution in [3.05, 3.63) is 0 Å². The Kier molecular flexibility index (Phi) is 7.76. The lowest BCUT2D eigenvalue weighted by Gasteiger charge is -2.28. The molecule has 2 unspecified atom stereocenters. The number of hydrogen-bond donors (Lipinski definition) is 2. The van der Waals surface area contributed by atoms with Crippen LogP contribution in [0.3, 0.4) is 0 Å². The monoisotopic (exact) mass is 231 g/mol. The van der Waals surface area contributed by atoms with E-state index in [0.717, 1.165) is 45.4 Å². The molecule has 0 bridgehead atoms. The summed E-state index contributed by atoms with van der Waals surface area (Å²) < 4.78 is 10.4. The van der Waals surface area contributed by atoms with Gasteiger partial charge in [-0.3, -0.25) is 0 Å². The first-order valence-corrected chi connectivity index (χ1v) is 6.32. The molecule has 0 aromatic rings. The Morgan fingerprint density at radius 3 is 2.75 bits per heavy atom. The molecule has 0 radical (unpaired) electrons. The third-order valence-electron chi connectivity index (χ3n) is 3.02. The van der Waals surface area contributed by atoms with Crippen LogP contribution in [-0.4, -0.2) is 50.7 Å². The van der Waals surface area contributed by atoms with Crippen molar-refractivity contribution in [1.29, 1.82) is 0 Å². The van der Waals surface area contributed by atoms with Crippen molar-refractivity contribution in [2.75, 3.05) is 33.5 Å². The van der Waals surface area contributed by atoms with Gasteiger partial charge >= 0.3 is 0 Å². The fourth-order valence-electron chi connectivity index (χ4n) is 2.07. The van der Waals surface area contributed by atoms with E-state index >= 15 is 0 Å². The Bertz CT molecular complexity index is 166. The molecule has 1 aliphatic rings. The smallest absolute Gasteiger partial charge is 0.0693 e. The van der Waals surface area contributed by atoms with Crippen molar-refractivity contribution in [3.8, 4) is 0 Å². The summed E-state index contributed by atoms with van der Waals surface area (Å²) in [6.45, 7) is 3.05. The van der Waals surface area contributed by atoms with E-state index in [0.29, 0.717) is 6.61 Å². The zero-order valence-electron chi connectivity index (χ0n) is 10.3. The summed E-state index contributed by atoms with van der Waals surface area (Å²) in [6.07, 6.45) is 5.19. The van der Waals surface area contributed by atoms with E-state index < -0.39 is 0 Å². The van der Waals surface area contributed by atoms with Crippen LogP contribution in [0.25, 0.3) is 0 Å². The highest BCUT2D eigenvalue weighted by molar-refractivity contribution is 4.79. The first-order valence-electron chi connectivity index (χ1n) is 6.32.